The second-order valence-electron chi connectivity index (χ2n) is 2.72. The quantitative estimate of drug-likeness (QED) is 0.293. The Morgan fingerprint density at radius 3 is 2.64 bits per heavy atom. The van der Waals surface area contributed by atoms with E-state index in [-0.39, 0.29) is 5.56 Å². The van der Waals surface area contributed by atoms with Crippen LogP contribution in [0.25, 0.3) is 0 Å². The van der Waals surface area contributed by atoms with Crippen LogP contribution in [0.3, 0.4) is 0 Å². The summed E-state index contributed by atoms with van der Waals surface area (Å²) < 4.78 is -2.04. The van der Waals surface area contributed by atoms with E-state index < -0.39 is 16.6 Å². The van der Waals surface area contributed by atoms with Gasteiger partial charge in [-0.15, -0.1) is 0 Å². The molecule has 0 aliphatic rings. The normalized spacial score (nSPS) is 14.5. The van der Waals surface area contributed by atoms with Crippen molar-refractivity contribution in [3.05, 3.63) is 35.3 Å². The van der Waals surface area contributed by atoms with Gasteiger partial charge in [-0.1, -0.05) is 0 Å². The molecule has 0 saturated heterocycles. The molecule has 0 bridgehead atoms. The van der Waals surface area contributed by atoms with E-state index in [0.717, 1.165) is 6.92 Å². The lowest BCUT2D eigenvalue weighted by Gasteiger charge is -2.28. The van der Waals surface area contributed by atoms with E-state index >= 15 is 0 Å². The molecule has 1 atom stereocenters. The first-order valence-corrected chi connectivity index (χ1v) is 3.81. The van der Waals surface area contributed by atoms with Crippen molar-refractivity contribution >= 4 is 11.8 Å². The maximum Gasteiger partial charge on any atom is 0.374 e. The van der Waals surface area contributed by atoms with Crippen LogP contribution in [0.5, 0.6) is 0 Å². The number of pyridine rings is 1. The molecular weight excluding hydrogens is 186 g/mol. The Kier molecular flexibility index (Phi) is 2.70. The largest absolute Gasteiger partial charge is 0.597 e. The van der Waals surface area contributed by atoms with Gasteiger partial charge in [0.05, 0.1) is 6.92 Å². The van der Waals surface area contributed by atoms with Gasteiger partial charge in [-0.25, -0.2) is 9.59 Å². The number of imide groups is 1. The van der Waals surface area contributed by atoms with Gasteiger partial charge in [-0.05, 0) is 12.1 Å². The van der Waals surface area contributed by atoms with Crippen molar-refractivity contribution < 1.29 is 14.3 Å². The standard InChI is InChI=1S/C8H9N3O3/c1-6(12)11(9,14)8(13)7-3-2-4-10-5-7/h2-5H,9H2,1H3. The third-order valence-corrected chi connectivity index (χ3v) is 1.68. The molecule has 1 unspecified atom stereocenters. The van der Waals surface area contributed by atoms with Gasteiger partial charge in [0.2, 0.25) is 0 Å². The fourth-order valence-electron chi connectivity index (χ4n) is 0.824. The maximum absolute atomic E-state index is 11.4. The number of rotatable bonds is 1. The summed E-state index contributed by atoms with van der Waals surface area (Å²) in [6.07, 6.45) is 2.63. The van der Waals surface area contributed by atoms with Gasteiger partial charge >= 0.3 is 11.8 Å². The smallest absolute Gasteiger partial charge is 0.374 e. The minimum Gasteiger partial charge on any atom is -0.597 e. The third-order valence-electron chi connectivity index (χ3n) is 1.68. The van der Waals surface area contributed by atoms with Crippen LogP contribution in [-0.2, 0) is 4.79 Å². The summed E-state index contributed by atoms with van der Waals surface area (Å²) in [6.45, 7) is 0.960. The molecular formula is C8H9N3O3. The number of quaternary nitrogens is 1. The van der Waals surface area contributed by atoms with Crippen molar-refractivity contribution in [2.24, 2.45) is 5.84 Å². The van der Waals surface area contributed by atoms with Crippen LogP contribution in [0.4, 0.5) is 0 Å². The highest BCUT2D eigenvalue weighted by Crippen LogP contribution is 2.06. The summed E-state index contributed by atoms with van der Waals surface area (Å²) in [7, 11) is 0. The predicted octanol–water partition coefficient (Wildman–Crippen LogP) is -0.0434. The maximum atomic E-state index is 11.4. The molecule has 74 valence electrons. The first kappa shape index (κ1) is 10.5. The zero-order valence-corrected chi connectivity index (χ0v) is 7.51. The summed E-state index contributed by atoms with van der Waals surface area (Å²) in [6, 6.07) is 2.85. The van der Waals surface area contributed by atoms with E-state index in [1.165, 1.54) is 24.5 Å². The first-order valence-electron chi connectivity index (χ1n) is 3.81. The Bertz CT molecular complexity index is 361. The molecule has 6 nitrogen and oxygen atoms in total. The molecule has 6 heteroatoms. The Morgan fingerprint density at radius 2 is 2.21 bits per heavy atom. The molecule has 1 heterocycles. The number of nitrogens with zero attached hydrogens (tertiary/aromatic N) is 2. The molecule has 0 aliphatic carbocycles. The summed E-state index contributed by atoms with van der Waals surface area (Å²) >= 11 is 0. The monoisotopic (exact) mass is 195 g/mol. The first-order chi connectivity index (χ1) is 6.46. The molecule has 2 N–H and O–H groups in total. The number of carbonyl (C=O) groups excluding carboxylic acids is 2. The molecule has 1 aromatic rings. The molecule has 0 aliphatic heterocycles. The minimum absolute atomic E-state index is 0.0141. The van der Waals surface area contributed by atoms with Gasteiger partial charge in [0.15, 0.2) is 0 Å². The summed E-state index contributed by atoms with van der Waals surface area (Å²) in [5, 5.41) is 11.3. The molecule has 0 saturated carbocycles. The Morgan fingerprint density at radius 1 is 1.57 bits per heavy atom. The van der Waals surface area contributed by atoms with Gasteiger partial charge in [0, 0.05) is 12.4 Å². The fraction of sp³-hybridized carbons (Fsp3) is 0.125. The molecule has 1 aromatic heterocycles. The number of hydrogen-bond donors (Lipinski definition) is 1. The van der Waals surface area contributed by atoms with Crippen LogP contribution in [0, 0.1) is 5.21 Å². The van der Waals surface area contributed by atoms with E-state index in [2.05, 4.69) is 4.98 Å². The van der Waals surface area contributed by atoms with Gasteiger partial charge in [0.25, 0.3) is 0 Å². The van der Waals surface area contributed by atoms with Gasteiger partial charge in [-0.3, -0.25) is 4.98 Å². The van der Waals surface area contributed by atoms with E-state index in [4.69, 9.17) is 5.84 Å². The molecule has 0 fully saturated rings. The van der Waals surface area contributed by atoms with E-state index in [9.17, 15) is 14.8 Å². The van der Waals surface area contributed by atoms with E-state index in [0.29, 0.717) is 0 Å². The number of nitrogens with two attached hydrogens (primary N) is 1. The van der Waals surface area contributed by atoms with Gasteiger partial charge in [-0.2, -0.15) is 10.6 Å². The Labute approximate surface area is 80.1 Å². The van der Waals surface area contributed by atoms with Crippen molar-refractivity contribution in [1.82, 2.24) is 4.98 Å². The third kappa shape index (κ3) is 1.82. The Balaban J connectivity index is 3.03. The highest BCUT2D eigenvalue weighted by Gasteiger charge is 2.30. The predicted molar refractivity (Wildman–Crippen MR) is 47.1 cm³/mol. The van der Waals surface area contributed by atoms with Crippen LogP contribution < -0.4 is 5.84 Å². The summed E-state index contributed by atoms with van der Waals surface area (Å²) in [5.74, 6) is 2.99. The van der Waals surface area contributed by atoms with Gasteiger partial charge < -0.3 is 5.21 Å². The topological polar surface area (TPSA) is 96.1 Å². The average molecular weight is 195 g/mol. The van der Waals surface area contributed by atoms with Crippen LogP contribution in [0.15, 0.2) is 24.5 Å². The summed E-state index contributed by atoms with van der Waals surface area (Å²) in [4.78, 5) is 25.8. The van der Waals surface area contributed by atoms with Crippen molar-refractivity contribution in [3.63, 3.8) is 0 Å². The molecule has 0 radical (unpaired) electrons. The van der Waals surface area contributed by atoms with Crippen molar-refractivity contribution in [3.8, 4) is 0 Å². The fourth-order valence-corrected chi connectivity index (χ4v) is 0.824. The Hall–Kier alpha value is -1.63. The van der Waals surface area contributed by atoms with Crippen molar-refractivity contribution in [2.75, 3.05) is 0 Å². The molecule has 14 heavy (non-hydrogen) atoms. The van der Waals surface area contributed by atoms with E-state index in [1.54, 1.807) is 0 Å². The SMILES string of the molecule is CC(=O)[N+](N)([O-])C(=O)c1cccnc1. The zero-order valence-electron chi connectivity index (χ0n) is 7.51. The molecule has 1 rings (SSSR count). The van der Waals surface area contributed by atoms with Crippen LogP contribution in [0.2, 0.25) is 0 Å². The molecule has 0 spiro atoms. The van der Waals surface area contributed by atoms with Crippen molar-refractivity contribution in [1.29, 1.82) is 0 Å². The number of hydroxylamine groups is 2. The second-order valence-corrected chi connectivity index (χ2v) is 2.72. The average Bonchev–Trinajstić information content (AvgIpc) is 2.17. The van der Waals surface area contributed by atoms with Crippen LogP contribution in [-0.4, -0.2) is 21.6 Å². The highest BCUT2D eigenvalue weighted by atomic mass is 16.6. The van der Waals surface area contributed by atoms with E-state index in [1.807, 2.05) is 0 Å². The molecule has 2 amide bonds. The number of carbonyl (C=O) groups is 2. The zero-order chi connectivity index (χ0) is 10.8. The van der Waals surface area contributed by atoms with Crippen LogP contribution in [0.1, 0.15) is 17.3 Å². The second kappa shape index (κ2) is 3.62. The lowest BCUT2D eigenvalue weighted by Crippen LogP contribution is -2.56. The lowest BCUT2D eigenvalue weighted by molar-refractivity contribution is -0.730. The highest BCUT2D eigenvalue weighted by molar-refractivity contribution is 5.95. The summed E-state index contributed by atoms with van der Waals surface area (Å²) in [5.41, 5.74) is 0.0141. The number of amides is 2. The van der Waals surface area contributed by atoms with Crippen molar-refractivity contribution in [2.45, 2.75) is 6.92 Å². The number of aromatic nitrogens is 1. The number of hydrogen-bond acceptors (Lipinski definition) is 5. The van der Waals surface area contributed by atoms with Gasteiger partial charge in [0.1, 0.15) is 5.56 Å². The van der Waals surface area contributed by atoms with Crippen LogP contribution >= 0.6 is 0 Å². The molecule has 0 aromatic carbocycles. The minimum atomic E-state index is -2.04. The lowest BCUT2D eigenvalue weighted by atomic mass is 10.2.